The normalized spacial score (nSPS) is 11.7. The molecule has 0 aliphatic carbocycles. The summed E-state index contributed by atoms with van der Waals surface area (Å²) in [6, 6.07) is 7.82. The van der Waals surface area contributed by atoms with Crippen LogP contribution in [0.25, 0.3) is 0 Å². The lowest BCUT2D eigenvalue weighted by Gasteiger charge is -2.09. The van der Waals surface area contributed by atoms with Gasteiger partial charge in [-0.2, -0.15) is 0 Å². The van der Waals surface area contributed by atoms with E-state index >= 15 is 0 Å². The zero-order chi connectivity index (χ0) is 13.4. The fraction of sp³-hybridized carbons (Fsp3) is 0.538. The Balaban J connectivity index is 2.53. The molecule has 0 atom stereocenters. The van der Waals surface area contributed by atoms with Crippen molar-refractivity contribution < 1.29 is 13.5 Å². The third-order valence-electron chi connectivity index (χ3n) is 2.80. The largest absolute Gasteiger partial charge is 0.396 e. The maximum absolute atomic E-state index is 11.7. The molecule has 1 aromatic carbocycles. The molecule has 0 radical (unpaired) electrons. The monoisotopic (exact) mass is 271 g/mol. The predicted molar refractivity (Wildman–Crippen MR) is 72.8 cm³/mol. The Morgan fingerprint density at radius 3 is 2.44 bits per heavy atom. The minimum absolute atomic E-state index is 0.0359. The van der Waals surface area contributed by atoms with E-state index in [1.54, 1.807) is 0 Å². The van der Waals surface area contributed by atoms with Crippen LogP contribution in [0.3, 0.4) is 0 Å². The van der Waals surface area contributed by atoms with Crippen LogP contribution in [0.5, 0.6) is 0 Å². The van der Waals surface area contributed by atoms with Crippen molar-refractivity contribution in [3.8, 4) is 0 Å². The highest BCUT2D eigenvalue weighted by Crippen LogP contribution is 2.09. The first kappa shape index (κ1) is 15.1. The van der Waals surface area contributed by atoms with E-state index in [2.05, 4.69) is 11.6 Å². The van der Waals surface area contributed by atoms with Gasteiger partial charge in [0.15, 0.2) is 0 Å². The fourth-order valence-corrected chi connectivity index (χ4v) is 2.84. The van der Waals surface area contributed by atoms with E-state index in [9.17, 15) is 8.42 Å². The number of aliphatic hydroxyl groups is 1. The van der Waals surface area contributed by atoms with E-state index in [1.165, 1.54) is 0 Å². The molecule has 0 fully saturated rings. The van der Waals surface area contributed by atoms with Crippen molar-refractivity contribution >= 4 is 10.0 Å². The van der Waals surface area contributed by atoms with Crippen LogP contribution in [-0.4, -0.2) is 25.9 Å². The molecule has 0 bridgehead atoms. The standard InChI is InChI=1S/C13H21NO3S/c1-2-12-7-3-4-8-13(12)11-14-18(16,17)10-6-5-9-15/h3-4,7-8,14-15H,2,5-6,9-11H2,1H3. The van der Waals surface area contributed by atoms with Gasteiger partial charge in [-0.15, -0.1) is 0 Å². The third kappa shape index (κ3) is 5.16. The van der Waals surface area contributed by atoms with E-state index in [0.717, 1.165) is 17.5 Å². The molecule has 0 heterocycles. The molecule has 0 aliphatic rings. The zero-order valence-electron chi connectivity index (χ0n) is 10.7. The van der Waals surface area contributed by atoms with Crippen LogP contribution in [0.1, 0.15) is 30.9 Å². The Kier molecular flexibility index (Phi) is 6.32. The van der Waals surface area contributed by atoms with Gasteiger partial charge in [-0.1, -0.05) is 31.2 Å². The molecule has 102 valence electrons. The van der Waals surface area contributed by atoms with Crippen molar-refractivity contribution in [3.63, 3.8) is 0 Å². The number of hydrogen-bond acceptors (Lipinski definition) is 3. The molecule has 0 saturated carbocycles. The van der Waals surface area contributed by atoms with Crippen molar-refractivity contribution in [2.45, 2.75) is 32.7 Å². The smallest absolute Gasteiger partial charge is 0.211 e. The summed E-state index contributed by atoms with van der Waals surface area (Å²) in [5, 5.41) is 8.62. The highest BCUT2D eigenvalue weighted by molar-refractivity contribution is 7.89. The van der Waals surface area contributed by atoms with E-state index < -0.39 is 10.0 Å². The van der Waals surface area contributed by atoms with Gasteiger partial charge in [-0.3, -0.25) is 0 Å². The van der Waals surface area contributed by atoms with Gasteiger partial charge in [0.2, 0.25) is 10.0 Å². The Hall–Kier alpha value is -0.910. The predicted octanol–water partition coefficient (Wildman–Crippen LogP) is 1.44. The zero-order valence-corrected chi connectivity index (χ0v) is 11.5. The Morgan fingerprint density at radius 2 is 1.83 bits per heavy atom. The molecular weight excluding hydrogens is 250 g/mol. The highest BCUT2D eigenvalue weighted by atomic mass is 32.2. The molecule has 1 rings (SSSR count). The molecule has 1 aromatic rings. The SMILES string of the molecule is CCc1ccccc1CNS(=O)(=O)CCCCO. The summed E-state index contributed by atoms with van der Waals surface area (Å²) in [5.41, 5.74) is 2.18. The molecule has 18 heavy (non-hydrogen) atoms. The summed E-state index contributed by atoms with van der Waals surface area (Å²) >= 11 is 0. The first-order chi connectivity index (χ1) is 8.59. The van der Waals surface area contributed by atoms with Gasteiger partial charge in [0.1, 0.15) is 0 Å². The highest BCUT2D eigenvalue weighted by Gasteiger charge is 2.10. The molecule has 0 aromatic heterocycles. The van der Waals surface area contributed by atoms with Gasteiger partial charge in [-0.25, -0.2) is 13.1 Å². The van der Waals surface area contributed by atoms with Crippen LogP contribution in [-0.2, 0) is 23.0 Å². The van der Waals surface area contributed by atoms with Crippen LogP contribution in [0.2, 0.25) is 0 Å². The maximum atomic E-state index is 11.7. The number of hydrogen-bond donors (Lipinski definition) is 2. The number of benzene rings is 1. The van der Waals surface area contributed by atoms with Crippen LogP contribution in [0.15, 0.2) is 24.3 Å². The molecule has 0 unspecified atom stereocenters. The number of rotatable bonds is 8. The summed E-state index contributed by atoms with van der Waals surface area (Å²) in [6.07, 6.45) is 1.90. The van der Waals surface area contributed by atoms with Crippen molar-refractivity contribution in [1.29, 1.82) is 0 Å². The Morgan fingerprint density at radius 1 is 1.17 bits per heavy atom. The average Bonchev–Trinajstić information content (AvgIpc) is 2.37. The van der Waals surface area contributed by atoms with Crippen molar-refractivity contribution in [2.75, 3.05) is 12.4 Å². The lowest BCUT2D eigenvalue weighted by Crippen LogP contribution is -2.26. The topological polar surface area (TPSA) is 66.4 Å². The fourth-order valence-electron chi connectivity index (χ4n) is 1.74. The molecular formula is C13H21NO3S. The summed E-state index contributed by atoms with van der Waals surface area (Å²) in [4.78, 5) is 0. The van der Waals surface area contributed by atoms with E-state index in [4.69, 9.17) is 5.11 Å². The van der Waals surface area contributed by atoms with Gasteiger partial charge < -0.3 is 5.11 Å². The summed E-state index contributed by atoms with van der Waals surface area (Å²) in [6.45, 7) is 2.42. The van der Waals surface area contributed by atoms with Crippen molar-refractivity contribution in [3.05, 3.63) is 35.4 Å². The summed E-state index contributed by atoms with van der Waals surface area (Å²) < 4.78 is 26.0. The van der Waals surface area contributed by atoms with Crippen LogP contribution < -0.4 is 4.72 Å². The van der Waals surface area contributed by atoms with Gasteiger partial charge in [0, 0.05) is 13.2 Å². The minimum Gasteiger partial charge on any atom is -0.396 e. The van der Waals surface area contributed by atoms with Gasteiger partial charge in [-0.05, 0) is 30.4 Å². The minimum atomic E-state index is -3.24. The molecule has 0 spiro atoms. The summed E-state index contributed by atoms with van der Waals surface area (Å²) in [7, 11) is -3.24. The quantitative estimate of drug-likeness (QED) is 0.703. The molecule has 4 nitrogen and oxygen atoms in total. The van der Waals surface area contributed by atoms with E-state index in [1.807, 2.05) is 24.3 Å². The number of sulfonamides is 1. The lowest BCUT2D eigenvalue weighted by atomic mass is 10.1. The molecule has 0 amide bonds. The van der Waals surface area contributed by atoms with Crippen molar-refractivity contribution in [1.82, 2.24) is 4.72 Å². The summed E-state index contributed by atoms with van der Waals surface area (Å²) in [5.74, 6) is 0.0713. The second-order valence-electron chi connectivity index (χ2n) is 4.19. The van der Waals surface area contributed by atoms with Crippen LogP contribution in [0.4, 0.5) is 0 Å². The Bertz CT molecular complexity index is 457. The van der Waals surface area contributed by atoms with Gasteiger partial charge in [0.25, 0.3) is 0 Å². The maximum Gasteiger partial charge on any atom is 0.211 e. The number of unbranched alkanes of at least 4 members (excludes halogenated alkanes) is 1. The number of aliphatic hydroxyl groups excluding tert-OH is 1. The molecule has 5 heteroatoms. The molecule has 0 aliphatic heterocycles. The first-order valence-electron chi connectivity index (χ1n) is 6.24. The Labute approximate surface area is 109 Å². The number of aryl methyl sites for hydroxylation is 1. The first-order valence-corrected chi connectivity index (χ1v) is 7.89. The van der Waals surface area contributed by atoms with E-state index in [-0.39, 0.29) is 12.4 Å². The van der Waals surface area contributed by atoms with E-state index in [0.29, 0.717) is 19.4 Å². The van der Waals surface area contributed by atoms with Gasteiger partial charge >= 0.3 is 0 Å². The lowest BCUT2D eigenvalue weighted by molar-refractivity contribution is 0.287. The second kappa shape index (κ2) is 7.51. The second-order valence-corrected chi connectivity index (χ2v) is 6.12. The molecule has 0 saturated heterocycles. The van der Waals surface area contributed by atoms with Crippen LogP contribution >= 0.6 is 0 Å². The average molecular weight is 271 g/mol. The van der Waals surface area contributed by atoms with Gasteiger partial charge in [0.05, 0.1) is 5.75 Å². The third-order valence-corrected chi connectivity index (χ3v) is 4.21. The molecule has 2 N–H and O–H groups in total. The van der Waals surface area contributed by atoms with Crippen molar-refractivity contribution in [2.24, 2.45) is 0 Å². The number of nitrogens with one attached hydrogen (secondary N) is 1. The van der Waals surface area contributed by atoms with Crippen LogP contribution in [0, 0.1) is 0 Å².